The van der Waals surface area contributed by atoms with Gasteiger partial charge in [-0.15, -0.1) is 11.6 Å². The molecule has 0 aromatic heterocycles. The van der Waals surface area contributed by atoms with Gasteiger partial charge in [0.05, 0.1) is 24.4 Å². The molecule has 0 radical (unpaired) electrons. The van der Waals surface area contributed by atoms with Crippen LogP contribution in [-0.2, 0) is 9.47 Å². The third-order valence-corrected chi connectivity index (χ3v) is 4.81. The molecule has 1 heterocycles. The highest BCUT2D eigenvalue weighted by atomic mass is 35.5. The average Bonchev–Trinajstić information content (AvgIpc) is 2.15. The predicted octanol–water partition coefficient (Wildman–Crippen LogP) is 3.36. The van der Waals surface area contributed by atoms with Gasteiger partial charge in [-0.2, -0.15) is 0 Å². The van der Waals surface area contributed by atoms with Crippen LogP contribution in [0, 0.1) is 5.41 Å². The quantitative estimate of drug-likeness (QED) is 0.696. The zero-order chi connectivity index (χ0) is 11.9. The molecule has 2 fully saturated rings. The Bertz CT molecular complexity index is 244. The minimum Gasteiger partial charge on any atom is -0.375 e. The zero-order valence-corrected chi connectivity index (χ0v) is 11.5. The normalized spacial score (nSPS) is 47.4. The van der Waals surface area contributed by atoms with Crippen molar-refractivity contribution in [1.29, 1.82) is 0 Å². The Morgan fingerprint density at radius 3 is 2.12 bits per heavy atom. The van der Waals surface area contributed by atoms with Crippen LogP contribution in [0.4, 0.5) is 0 Å². The van der Waals surface area contributed by atoms with E-state index in [2.05, 4.69) is 27.7 Å². The fourth-order valence-corrected chi connectivity index (χ4v) is 3.06. The second-order valence-electron chi connectivity index (χ2n) is 6.00. The lowest BCUT2D eigenvalue weighted by Gasteiger charge is -2.50. The van der Waals surface area contributed by atoms with Crippen molar-refractivity contribution >= 4 is 11.6 Å². The van der Waals surface area contributed by atoms with E-state index in [1.54, 1.807) is 0 Å². The molecule has 0 aromatic rings. The molecule has 0 bridgehead atoms. The highest BCUT2D eigenvalue weighted by Gasteiger charge is 2.49. The maximum atomic E-state index is 6.21. The Kier molecular flexibility index (Phi) is 3.54. The first-order chi connectivity index (χ1) is 7.39. The third kappa shape index (κ3) is 2.39. The fraction of sp³-hybridized carbons (Fsp3) is 1.00. The first kappa shape index (κ1) is 12.7. The predicted molar refractivity (Wildman–Crippen MR) is 65.9 cm³/mol. The van der Waals surface area contributed by atoms with Gasteiger partial charge in [0.15, 0.2) is 0 Å². The van der Waals surface area contributed by atoms with E-state index in [0.29, 0.717) is 24.4 Å². The number of hydrogen-bond donors (Lipinski definition) is 0. The number of hydrogen-bond acceptors (Lipinski definition) is 2. The van der Waals surface area contributed by atoms with Gasteiger partial charge in [0.2, 0.25) is 0 Å². The minimum absolute atomic E-state index is 0.131. The van der Waals surface area contributed by atoms with Gasteiger partial charge in [0.25, 0.3) is 0 Å². The molecule has 3 heteroatoms. The molecular formula is C13H23ClO2. The average molecular weight is 247 g/mol. The van der Waals surface area contributed by atoms with Gasteiger partial charge < -0.3 is 9.47 Å². The lowest BCUT2D eigenvalue weighted by atomic mass is 9.68. The topological polar surface area (TPSA) is 18.5 Å². The van der Waals surface area contributed by atoms with E-state index in [1.165, 1.54) is 0 Å². The standard InChI is InChI=1S/C13H23ClO2/c1-8-5-10(6-9(2)15-8)16-12-7-11(14)13(12,3)4/h8-12H,5-7H2,1-4H3. The van der Waals surface area contributed by atoms with Crippen molar-refractivity contribution in [2.45, 2.75) is 76.8 Å². The lowest BCUT2D eigenvalue weighted by Crippen LogP contribution is -2.54. The van der Waals surface area contributed by atoms with Crippen LogP contribution in [0.2, 0.25) is 0 Å². The van der Waals surface area contributed by atoms with Crippen LogP contribution in [0.5, 0.6) is 0 Å². The molecule has 0 spiro atoms. The Morgan fingerprint density at radius 1 is 1.12 bits per heavy atom. The smallest absolute Gasteiger partial charge is 0.0658 e. The Balaban J connectivity index is 1.86. The summed E-state index contributed by atoms with van der Waals surface area (Å²) in [5.74, 6) is 0. The van der Waals surface area contributed by atoms with E-state index in [4.69, 9.17) is 21.1 Å². The minimum atomic E-state index is 0.131. The SMILES string of the molecule is CC1CC(OC2CC(Cl)C2(C)C)CC(C)O1. The van der Waals surface area contributed by atoms with Crippen LogP contribution in [0.25, 0.3) is 0 Å². The maximum Gasteiger partial charge on any atom is 0.0658 e. The molecule has 2 nitrogen and oxygen atoms in total. The summed E-state index contributed by atoms with van der Waals surface area (Å²) in [7, 11) is 0. The van der Waals surface area contributed by atoms with Crippen LogP contribution < -0.4 is 0 Å². The number of ether oxygens (including phenoxy) is 2. The van der Waals surface area contributed by atoms with Crippen LogP contribution >= 0.6 is 11.6 Å². The van der Waals surface area contributed by atoms with Crippen LogP contribution in [0.1, 0.15) is 47.0 Å². The van der Waals surface area contributed by atoms with E-state index in [1.807, 2.05) is 0 Å². The van der Waals surface area contributed by atoms with Gasteiger partial charge in [-0.25, -0.2) is 0 Å². The van der Waals surface area contributed by atoms with Crippen molar-refractivity contribution < 1.29 is 9.47 Å². The number of rotatable bonds is 2. The van der Waals surface area contributed by atoms with Gasteiger partial charge in [-0.1, -0.05) is 13.8 Å². The molecule has 16 heavy (non-hydrogen) atoms. The fourth-order valence-electron chi connectivity index (χ4n) is 2.76. The first-order valence-corrected chi connectivity index (χ1v) is 6.78. The molecule has 4 unspecified atom stereocenters. The third-order valence-electron chi connectivity index (χ3n) is 4.07. The summed E-state index contributed by atoms with van der Waals surface area (Å²) in [5, 5.41) is 0.271. The van der Waals surface area contributed by atoms with Crippen molar-refractivity contribution in [2.24, 2.45) is 5.41 Å². The summed E-state index contributed by atoms with van der Waals surface area (Å²) < 4.78 is 11.9. The molecule has 1 saturated heterocycles. The molecule has 94 valence electrons. The van der Waals surface area contributed by atoms with Crippen LogP contribution in [-0.4, -0.2) is 29.8 Å². The molecule has 2 aliphatic rings. The summed E-state index contributed by atoms with van der Waals surface area (Å²) >= 11 is 6.21. The summed E-state index contributed by atoms with van der Waals surface area (Å²) in [4.78, 5) is 0. The highest BCUT2D eigenvalue weighted by molar-refractivity contribution is 6.21. The maximum absolute atomic E-state index is 6.21. The van der Waals surface area contributed by atoms with E-state index < -0.39 is 0 Å². The van der Waals surface area contributed by atoms with E-state index in [-0.39, 0.29) is 10.8 Å². The highest BCUT2D eigenvalue weighted by Crippen LogP contribution is 2.47. The van der Waals surface area contributed by atoms with Gasteiger partial charge in [0.1, 0.15) is 0 Å². The van der Waals surface area contributed by atoms with Crippen LogP contribution in [0.15, 0.2) is 0 Å². The molecule has 2 rings (SSSR count). The first-order valence-electron chi connectivity index (χ1n) is 6.34. The van der Waals surface area contributed by atoms with Crippen molar-refractivity contribution in [3.63, 3.8) is 0 Å². The van der Waals surface area contributed by atoms with Crippen LogP contribution in [0.3, 0.4) is 0 Å². The summed E-state index contributed by atoms with van der Waals surface area (Å²) in [5.41, 5.74) is 0.131. The number of halogens is 1. The summed E-state index contributed by atoms with van der Waals surface area (Å²) in [6.45, 7) is 8.65. The largest absolute Gasteiger partial charge is 0.375 e. The Morgan fingerprint density at radius 2 is 1.69 bits per heavy atom. The van der Waals surface area contributed by atoms with Gasteiger partial charge >= 0.3 is 0 Å². The number of alkyl halides is 1. The second-order valence-corrected chi connectivity index (χ2v) is 6.53. The molecule has 0 aromatic carbocycles. The molecule has 4 atom stereocenters. The van der Waals surface area contributed by atoms with Gasteiger partial charge in [0, 0.05) is 10.8 Å². The monoisotopic (exact) mass is 246 g/mol. The van der Waals surface area contributed by atoms with E-state index in [0.717, 1.165) is 19.3 Å². The molecule has 1 saturated carbocycles. The van der Waals surface area contributed by atoms with Crippen molar-refractivity contribution in [3.8, 4) is 0 Å². The van der Waals surface area contributed by atoms with Crippen molar-refractivity contribution in [1.82, 2.24) is 0 Å². The zero-order valence-electron chi connectivity index (χ0n) is 10.7. The second kappa shape index (κ2) is 4.47. The Hall–Kier alpha value is 0.210. The van der Waals surface area contributed by atoms with E-state index >= 15 is 0 Å². The van der Waals surface area contributed by atoms with Crippen molar-refractivity contribution in [3.05, 3.63) is 0 Å². The molecular weight excluding hydrogens is 224 g/mol. The Labute approximate surface area is 104 Å². The van der Waals surface area contributed by atoms with Crippen molar-refractivity contribution in [2.75, 3.05) is 0 Å². The molecule has 1 aliphatic heterocycles. The molecule has 0 amide bonds. The summed E-state index contributed by atoms with van der Waals surface area (Å²) in [6, 6.07) is 0. The van der Waals surface area contributed by atoms with Gasteiger partial charge in [-0.3, -0.25) is 0 Å². The van der Waals surface area contributed by atoms with E-state index in [9.17, 15) is 0 Å². The lowest BCUT2D eigenvalue weighted by molar-refractivity contribution is -0.170. The summed E-state index contributed by atoms with van der Waals surface area (Å²) in [6.07, 6.45) is 4.36. The van der Waals surface area contributed by atoms with Gasteiger partial charge in [-0.05, 0) is 33.1 Å². The molecule has 1 aliphatic carbocycles. The molecule has 0 N–H and O–H groups in total.